The first-order valence-corrected chi connectivity index (χ1v) is 24.6. The fraction of sp³-hybridized carbons (Fsp3) is 0.346. The van der Waals surface area contributed by atoms with Gasteiger partial charge in [-0.1, -0.05) is 42.1 Å². The number of benzene rings is 3. The molecule has 0 saturated carbocycles. The van der Waals surface area contributed by atoms with Crippen molar-refractivity contribution in [1.29, 1.82) is 0 Å². The minimum absolute atomic E-state index is 0.141. The van der Waals surface area contributed by atoms with Crippen LogP contribution in [0.1, 0.15) is 93.3 Å². The van der Waals surface area contributed by atoms with Crippen molar-refractivity contribution >= 4 is 64.1 Å². The van der Waals surface area contributed by atoms with E-state index >= 15 is 4.39 Å². The number of rotatable bonds is 12. The van der Waals surface area contributed by atoms with Gasteiger partial charge < -0.3 is 31.1 Å². The van der Waals surface area contributed by atoms with E-state index in [1.165, 1.54) is 22.7 Å². The van der Waals surface area contributed by atoms with Gasteiger partial charge in [-0.05, 0) is 110 Å². The third-order valence-corrected chi connectivity index (χ3v) is 15.0. The fourth-order valence-electron chi connectivity index (χ4n) is 9.90. The Morgan fingerprint density at radius 3 is 2.44 bits per heavy atom. The van der Waals surface area contributed by atoms with E-state index in [0.29, 0.717) is 42.5 Å². The van der Waals surface area contributed by atoms with Gasteiger partial charge in [0.25, 0.3) is 17.7 Å². The third kappa shape index (κ3) is 10.3. The maximum Gasteiger partial charge on any atom is 0.270 e. The van der Waals surface area contributed by atoms with Crippen molar-refractivity contribution < 1.29 is 28.4 Å². The lowest BCUT2D eigenvalue weighted by molar-refractivity contribution is -0.136. The number of pyridine rings is 1. The van der Waals surface area contributed by atoms with Crippen LogP contribution in [0.15, 0.2) is 107 Å². The summed E-state index contributed by atoms with van der Waals surface area (Å²) in [5.74, 6) is -1.35. The Morgan fingerprint density at radius 2 is 1.70 bits per heavy atom. The molecule has 0 aliphatic carbocycles. The van der Waals surface area contributed by atoms with Gasteiger partial charge in [0.2, 0.25) is 11.8 Å². The summed E-state index contributed by atoms with van der Waals surface area (Å²) in [5, 5.41) is 8.89. The van der Waals surface area contributed by atoms with E-state index in [2.05, 4.69) is 53.7 Å². The van der Waals surface area contributed by atoms with E-state index in [1.807, 2.05) is 35.2 Å². The number of halogens is 1. The highest BCUT2D eigenvalue weighted by molar-refractivity contribution is 7.99. The van der Waals surface area contributed by atoms with Gasteiger partial charge in [-0.15, -0.1) is 0 Å². The molecule has 0 radical (unpaired) electrons. The van der Waals surface area contributed by atoms with Crippen LogP contribution in [0.25, 0.3) is 5.57 Å². The maximum absolute atomic E-state index is 15.7. The van der Waals surface area contributed by atoms with Crippen LogP contribution in [0, 0.1) is 5.82 Å². The Bertz CT molecular complexity index is 2880. The number of piperidine rings is 3. The topological polar surface area (TPSA) is 199 Å². The molecule has 5 N–H and O–H groups in total. The molecule has 5 aromatic rings. The molecule has 3 fully saturated rings. The smallest absolute Gasteiger partial charge is 0.270 e. The molecule has 1 atom stereocenters. The number of carbonyl (C=O) groups is 5. The number of nitrogens with two attached hydrogens (primary N) is 1. The van der Waals surface area contributed by atoms with Crippen LogP contribution in [0.4, 0.5) is 21.6 Å². The first kappa shape index (κ1) is 46.7. The first-order valence-electron chi connectivity index (χ1n) is 23.8. The summed E-state index contributed by atoms with van der Waals surface area (Å²) >= 11 is 1.45. The number of nitrogens with one attached hydrogen (secondary N) is 3. The predicted octanol–water partition coefficient (Wildman–Crippen LogP) is 5.79. The summed E-state index contributed by atoms with van der Waals surface area (Å²) in [6.07, 6.45) is 11.5. The standard InChI is InChI=1S/C52H54FN11O5S/c1-52(54)16-21-62(22-17-52)45-28-57-47(29-56-45)70-39-4-2-3-37(25-39)59-48(66)33-7-10-43(41(53)24-33)61-19-14-38(15-20-61)63-18-13-35(30-63)34-6-9-42(55-27-34)49(67)58-26-32-5-8-40-36(23-32)31-64(51(40)69)44-11-12-46(65)60-50(44)68/h2-10,13,23-25,27-29,38,44H,11-12,14-22,26,30-31,54H2,1H3,(H,58,67)(H,59,66)(H,60,65,68). The SMILES string of the molecule is CC1(N)CCN(c2cnc(Sc3cccc(NC(=O)c4ccc(N5CCC(N6CC=C(c7ccc(C(=O)NCc8ccc9c(c8)CN(C8CCC(=O)NC8=O)C9=O)nc7)C6)CC5)c(F)c4)c3)cn2)CC1. The predicted molar refractivity (Wildman–Crippen MR) is 264 cm³/mol. The first-order chi connectivity index (χ1) is 33.8. The molecule has 5 amide bonds. The number of carbonyl (C=O) groups excluding carboxylic acids is 5. The van der Waals surface area contributed by atoms with Crippen molar-refractivity contribution in [3.8, 4) is 0 Å². The largest absolute Gasteiger partial charge is 0.369 e. The van der Waals surface area contributed by atoms with Gasteiger partial charge in [0.15, 0.2) is 0 Å². The van der Waals surface area contributed by atoms with Crippen LogP contribution in [0.5, 0.6) is 0 Å². The van der Waals surface area contributed by atoms with E-state index in [4.69, 9.17) is 5.73 Å². The zero-order valence-corrected chi connectivity index (χ0v) is 39.6. The van der Waals surface area contributed by atoms with Gasteiger partial charge >= 0.3 is 0 Å². The van der Waals surface area contributed by atoms with Gasteiger partial charge in [-0.25, -0.2) is 14.4 Å². The van der Waals surface area contributed by atoms with Crippen LogP contribution >= 0.6 is 11.8 Å². The molecule has 70 heavy (non-hydrogen) atoms. The minimum atomic E-state index is -0.687. The van der Waals surface area contributed by atoms with Crippen LogP contribution in [0.3, 0.4) is 0 Å². The normalized spacial score (nSPS) is 19.5. The molecule has 0 bridgehead atoms. The summed E-state index contributed by atoms with van der Waals surface area (Å²) < 4.78 is 15.7. The summed E-state index contributed by atoms with van der Waals surface area (Å²) in [5.41, 5.74) is 11.9. The molecule has 2 aromatic heterocycles. The number of aromatic nitrogens is 3. The van der Waals surface area contributed by atoms with Crippen molar-refractivity contribution in [2.75, 3.05) is 54.4 Å². The lowest BCUT2D eigenvalue weighted by Crippen LogP contribution is -2.52. The van der Waals surface area contributed by atoms with Crippen LogP contribution < -0.4 is 31.5 Å². The molecular formula is C52H54FN11O5S. The third-order valence-electron chi connectivity index (χ3n) is 14.0. The van der Waals surface area contributed by atoms with E-state index in [-0.39, 0.29) is 54.0 Å². The van der Waals surface area contributed by atoms with Gasteiger partial charge in [-0.2, -0.15) is 0 Å². The molecule has 16 nitrogen and oxygen atoms in total. The van der Waals surface area contributed by atoms with Crippen LogP contribution in [-0.2, 0) is 22.7 Å². The number of hydrogen-bond acceptors (Lipinski definition) is 13. The lowest BCUT2D eigenvalue weighted by Gasteiger charge is -2.38. The van der Waals surface area contributed by atoms with Gasteiger partial charge in [0.05, 0.1) is 18.1 Å². The van der Waals surface area contributed by atoms with Gasteiger partial charge in [0, 0.05) is 98.3 Å². The van der Waals surface area contributed by atoms with Crippen molar-refractivity contribution in [1.82, 2.24) is 35.4 Å². The van der Waals surface area contributed by atoms with Crippen molar-refractivity contribution in [3.05, 3.63) is 137 Å². The molecule has 1 unspecified atom stereocenters. The Kier molecular flexibility index (Phi) is 13.2. The van der Waals surface area contributed by atoms with Crippen molar-refractivity contribution in [2.24, 2.45) is 5.73 Å². The monoisotopic (exact) mass is 963 g/mol. The highest BCUT2D eigenvalue weighted by atomic mass is 32.2. The fourth-order valence-corrected chi connectivity index (χ4v) is 10.7. The number of anilines is 3. The Balaban J connectivity index is 0.664. The van der Waals surface area contributed by atoms with E-state index < -0.39 is 23.7 Å². The summed E-state index contributed by atoms with van der Waals surface area (Å²) in [6, 6.07) is 20.8. The zero-order valence-electron chi connectivity index (χ0n) is 38.8. The molecule has 7 heterocycles. The zero-order chi connectivity index (χ0) is 48.5. The molecule has 360 valence electrons. The average Bonchev–Trinajstić information content (AvgIpc) is 3.98. The second kappa shape index (κ2) is 19.8. The van der Waals surface area contributed by atoms with E-state index in [9.17, 15) is 24.0 Å². The Hall–Kier alpha value is -7.02. The van der Waals surface area contributed by atoms with E-state index in [0.717, 1.165) is 89.9 Å². The second-order valence-corrected chi connectivity index (χ2v) is 20.1. The Morgan fingerprint density at radius 1 is 0.871 bits per heavy atom. The molecule has 3 aromatic carbocycles. The number of nitrogens with zero attached hydrogens (tertiary/aromatic N) is 7. The highest BCUT2D eigenvalue weighted by Crippen LogP contribution is 2.33. The summed E-state index contributed by atoms with van der Waals surface area (Å²) in [6.45, 7) is 7.16. The average molecular weight is 964 g/mol. The number of imide groups is 1. The minimum Gasteiger partial charge on any atom is -0.369 e. The number of fused-ring (bicyclic) bond motifs is 1. The highest BCUT2D eigenvalue weighted by Gasteiger charge is 2.39. The van der Waals surface area contributed by atoms with Crippen molar-refractivity contribution in [3.63, 3.8) is 0 Å². The van der Waals surface area contributed by atoms with Crippen LogP contribution in [0.2, 0.25) is 0 Å². The van der Waals surface area contributed by atoms with Gasteiger partial charge in [-0.3, -0.25) is 39.2 Å². The molecule has 10 rings (SSSR count). The van der Waals surface area contributed by atoms with Crippen LogP contribution in [-0.4, -0.2) is 111 Å². The Labute approximate surface area is 409 Å². The molecule has 5 aliphatic heterocycles. The molecule has 18 heteroatoms. The molecule has 5 aliphatic rings. The molecule has 3 saturated heterocycles. The summed E-state index contributed by atoms with van der Waals surface area (Å²) in [4.78, 5) is 86.3. The number of hydrogen-bond donors (Lipinski definition) is 4. The van der Waals surface area contributed by atoms with Crippen molar-refractivity contribution in [2.45, 2.75) is 86.1 Å². The number of amides is 5. The molecule has 0 spiro atoms. The van der Waals surface area contributed by atoms with Gasteiger partial charge in [0.1, 0.15) is 28.4 Å². The quantitative estimate of drug-likeness (QED) is 0.110. The maximum atomic E-state index is 15.7. The molecular weight excluding hydrogens is 910 g/mol. The summed E-state index contributed by atoms with van der Waals surface area (Å²) in [7, 11) is 0. The van der Waals surface area contributed by atoms with E-state index in [1.54, 1.807) is 55.0 Å². The lowest BCUT2D eigenvalue weighted by atomic mass is 9.91. The second-order valence-electron chi connectivity index (χ2n) is 19.0.